The van der Waals surface area contributed by atoms with Crippen molar-refractivity contribution in [3.63, 3.8) is 0 Å². The van der Waals surface area contributed by atoms with E-state index in [0.29, 0.717) is 0 Å². The predicted molar refractivity (Wildman–Crippen MR) is 64.9 cm³/mol. The fourth-order valence-corrected chi connectivity index (χ4v) is 1.70. The van der Waals surface area contributed by atoms with Gasteiger partial charge in [0, 0.05) is 11.1 Å². The molecule has 1 unspecified atom stereocenters. The number of nitrogens with two attached hydrogens (primary N) is 1. The third-order valence-corrected chi connectivity index (χ3v) is 2.69. The summed E-state index contributed by atoms with van der Waals surface area (Å²) in [7, 11) is 7.16. The molecule has 0 saturated carbocycles. The smallest absolute Gasteiger partial charge is 0.131 e. The summed E-state index contributed by atoms with van der Waals surface area (Å²) >= 11 is 0. The lowest BCUT2D eigenvalue weighted by molar-refractivity contribution is 0.294. The monoisotopic (exact) mass is 224 g/mol. The maximum Gasteiger partial charge on any atom is 0.131 e. The highest BCUT2D eigenvalue weighted by atomic mass is 16.5. The van der Waals surface area contributed by atoms with Crippen molar-refractivity contribution in [3.8, 4) is 11.5 Å². The highest BCUT2D eigenvalue weighted by Crippen LogP contribution is 2.34. The summed E-state index contributed by atoms with van der Waals surface area (Å²) in [5.74, 6) is 1.60. The molecule has 1 atom stereocenters. The van der Waals surface area contributed by atoms with E-state index in [9.17, 15) is 0 Å². The van der Waals surface area contributed by atoms with E-state index in [1.807, 2.05) is 38.1 Å². The van der Waals surface area contributed by atoms with Crippen LogP contribution >= 0.6 is 0 Å². The van der Waals surface area contributed by atoms with E-state index in [0.717, 1.165) is 22.6 Å². The summed E-state index contributed by atoms with van der Waals surface area (Å²) in [5, 5.41) is 0. The lowest BCUT2D eigenvalue weighted by atomic mass is 10.1. The summed E-state index contributed by atoms with van der Waals surface area (Å²) in [6.07, 6.45) is -0.181. The molecule has 4 nitrogen and oxygen atoms in total. The number of hydrogen-bond acceptors (Lipinski definition) is 4. The molecule has 0 amide bonds. The summed E-state index contributed by atoms with van der Waals surface area (Å²) in [4.78, 5) is 1.93. The van der Waals surface area contributed by atoms with Crippen molar-refractivity contribution in [2.24, 2.45) is 5.73 Å². The first-order valence-electron chi connectivity index (χ1n) is 5.16. The standard InChI is InChI=1S/C12H20N2O2/c1-8-10(15-4)7-6-9(11(8)16-5)12(13)14(2)3/h6-7,12H,13H2,1-5H3. The zero-order chi connectivity index (χ0) is 12.3. The minimum absolute atomic E-state index is 0.181. The zero-order valence-corrected chi connectivity index (χ0v) is 10.6. The van der Waals surface area contributed by atoms with Gasteiger partial charge in [0.05, 0.1) is 20.4 Å². The second kappa shape index (κ2) is 5.18. The van der Waals surface area contributed by atoms with Crippen LogP contribution in [0, 0.1) is 6.92 Å². The molecule has 0 aliphatic carbocycles. The Balaban J connectivity index is 3.25. The van der Waals surface area contributed by atoms with Gasteiger partial charge in [-0.25, -0.2) is 0 Å². The van der Waals surface area contributed by atoms with Crippen LogP contribution in [0.25, 0.3) is 0 Å². The third-order valence-electron chi connectivity index (χ3n) is 2.69. The molecule has 16 heavy (non-hydrogen) atoms. The average Bonchev–Trinajstić information content (AvgIpc) is 2.27. The number of rotatable bonds is 4. The molecule has 0 spiro atoms. The van der Waals surface area contributed by atoms with Gasteiger partial charge in [-0.15, -0.1) is 0 Å². The summed E-state index contributed by atoms with van der Waals surface area (Å²) < 4.78 is 10.7. The Morgan fingerprint density at radius 1 is 1.19 bits per heavy atom. The van der Waals surface area contributed by atoms with E-state index in [1.54, 1.807) is 14.2 Å². The van der Waals surface area contributed by atoms with Gasteiger partial charge in [-0.05, 0) is 33.2 Å². The van der Waals surface area contributed by atoms with Gasteiger partial charge >= 0.3 is 0 Å². The van der Waals surface area contributed by atoms with Crippen molar-refractivity contribution < 1.29 is 9.47 Å². The van der Waals surface area contributed by atoms with Crippen LogP contribution in [0.4, 0.5) is 0 Å². The first kappa shape index (κ1) is 12.8. The fraction of sp³-hybridized carbons (Fsp3) is 0.500. The molecule has 90 valence electrons. The first-order valence-corrected chi connectivity index (χ1v) is 5.16. The zero-order valence-electron chi connectivity index (χ0n) is 10.6. The Labute approximate surface area is 96.9 Å². The second-order valence-electron chi connectivity index (χ2n) is 3.92. The first-order chi connectivity index (χ1) is 7.52. The van der Waals surface area contributed by atoms with Crippen molar-refractivity contribution in [3.05, 3.63) is 23.3 Å². The van der Waals surface area contributed by atoms with Crippen molar-refractivity contribution in [1.29, 1.82) is 0 Å². The van der Waals surface area contributed by atoms with Gasteiger partial charge in [0.25, 0.3) is 0 Å². The number of ether oxygens (including phenoxy) is 2. The Hall–Kier alpha value is -1.26. The Morgan fingerprint density at radius 3 is 2.25 bits per heavy atom. The second-order valence-corrected chi connectivity index (χ2v) is 3.92. The molecule has 1 rings (SSSR count). The molecular formula is C12H20N2O2. The van der Waals surface area contributed by atoms with E-state index >= 15 is 0 Å². The number of benzene rings is 1. The SMILES string of the molecule is COc1ccc(C(N)N(C)C)c(OC)c1C. The lowest BCUT2D eigenvalue weighted by Gasteiger charge is -2.23. The Bertz CT molecular complexity index is 364. The van der Waals surface area contributed by atoms with Gasteiger partial charge in [-0.3, -0.25) is 4.90 Å². The van der Waals surface area contributed by atoms with Crippen molar-refractivity contribution in [1.82, 2.24) is 4.90 Å². The van der Waals surface area contributed by atoms with Crippen LogP contribution < -0.4 is 15.2 Å². The molecule has 1 aromatic rings. The molecule has 0 aliphatic rings. The van der Waals surface area contributed by atoms with Gasteiger partial charge in [0.15, 0.2) is 0 Å². The molecule has 0 bridgehead atoms. The molecule has 1 aromatic carbocycles. The number of hydrogen-bond donors (Lipinski definition) is 1. The normalized spacial score (nSPS) is 12.7. The van der Waals surface area contributed by atoms with Crippen LogP contribution in [0.15, 0.2) is 12.1 Å². The third kappa shape index (κ3) is 2.28. The fourth-order valence-electron chi connectivity index (χ4n) is 1.70. The summed E-state index contributed by atoms with van der Waals surface area (Å²) in [6.45, 7) is 1.96. The largest absolute Gasteiger partial charge is 0.496 e. The van der Waals surface area contributed by atoms with E-state index in [-0.39, 0.29) is 6.17 Å². The summed E-state index contributed by atoms with van der Waals surface area (Å²) in [6, 6.07) is 3.85. The molecule has 0 fully saturated rings. The molecule has 0 radical (unpaired) electrons. The molecular weight excluding hydrogens is 204 g/mol. The van der Waals surface area contributed by atoms with Gasteiger partial charge in [-0.1, -0.05) is 0 Å². The molecule has 0 saturated heterocycles. The summed E-state index contributed by atoms with van der Waals surface area (Å²) in [5.41, 5.74) is 8.02. The van der Waals surface area contributed by atoms with E-state index in [4.69, 9.17) is 15.2 Å². The molecule has 4 heteroatoms. The van der Waals surface area contributed by atoms with Gasteiger partial charge in [-0.2, -0.15) is 0 Å². The Morgan fingerprint density at radius 2 is 1.81 bits per heavy atom. The van der Waals surface area contributed by atoms with Crippen LogP contribution in [0.1, 0.15) is 17.3 Å². The van der Waals surface area contributed by atoms with Crippen LogP contribution in [-0.4, -0.2) is 33.2 Å². The molecule has 2 N–H and O–H groups in total. The van der Waals surface area contributed by atoms with E-state index in [2.05, 4.69) is 0 Å². The molecule has 0 aliphatic heterocycles. The van der Waals surface area contributed by atoms with Gasteiger partial charge in [0.1, 0.15) is 11.5 Å². The lowest BCUT2D eigenvalue weighted by Crippen LogP contribution is -2.28. The maximum atomic E-state index is 6.08. The minimum Gasteiger partial charge on any atom is -0.496 e. The van der Waals surface area contributed by atoms with Gasteiger partial charge < -0.3 is 15.2 Å². The van der Waals surface area contributed by atoms with E-state index < -0.39 is 0 Å². The Kier molecular flexibility index (Phi) is 4.15. The molecule has 0 heterocycles. The average molecular weight is 224 g/mol. The highest BCUT2D eigenvalue weighted by molar-refractivity contribution is 5.50. The van der Waals surface area contributed by atoms with Gasteiger partial charge in [0.2, 0.25) is 0 Å². The highest BCUT2D eigenvalue weighted by Gasteiger charge is 2.17. The minimum atomic E-state index is -0.181. The van der Waals surface area contributed by atoms with Crippen molar-refractivity contribution in [2.75, 3.05) is 28.3 Å². The molecule has 0 aromatic heterocycles. The van der Waals surface area contributed by atoms with Crippen LogP contribution in [0.5, 0.6) is 11.5 Å². The number of nitrogens with zero attached hydrogens (tertiary/aromatic N) is 1. The quantitative estimate of drug-likeness (QED) is 0.788. The topological polar surface area (TPSA) is 47.7 Å². The van der Waals surface area contributed by atoms with E-state index in [1.165, 1.54) is 0 Å². The van der Waals surface area contributed by atoms with Crippen LogP contribution in [0.2, 0.25) is 0 Å². The maximum absolute atomic E-state index is 6.08. The predicted octanol–water partition coefficient (Wildman–Crippen LogP) is 1.53. The number of methoxy groups -OCH3 is 2. The van der Waals surface area contributed by atoms with Crippen LogP contribution in [-0.2, 0) is 0 Å². The van der Waals surface area contributed by atoms with Crippen molar-refractivity contribution >= 4 is 0 Å². The van der Waals surface area contributed by atoms with Crippen LogP contribution in [0.3, 0.4) is 0 Å². The van der Waals surface area contributed by atoms with Crippen molar-refractivity contribution in [2.45, 2.75) is 13.1 Å².